The molecule has 5 heteroatoms. The van der Waals surface area contributed by atoms with E-state index in [1.807, 2.05) is 31.2 Å². The normalized spacial score (nSPS) is 10.7. The lowest BCUT2D eigenvalue weighted by Crippen LogP contribution is -2.03. The number of nitrogens with two attached hydrogens (primary N) is 1. The second kappa shape index (κ2) is 5.42. The van der Waals surface area contributed by atoms with Gasteiger partial charge in [-0.3, -0.25) is 0 Å². The van der Waals surface area contributed by atoms with Crippen LogP contribution in [0.4, 0.5) is 0 Å². The molecule has 1 aromatic carbocycles. The first-order chi connectivity index (χ1) is 8.67. The van der Waals surface area contributed by atoms with Gasteiger partial charge in [-0.25, -0.2) is 4.68 Å². The molecule has 0 aliphatic carbocycles. The molecular weight excluding hydrogens is 250 g/mol. The Kier molecular flexibility index (Phi) is 3.89. The van der Waals surface area contributed by atoms with Gasteiger partial charge in [0.25, 0.3) is 0 Å². The van der Waals surface area contributed by atoms with E-state index in [-0.39, 0.29) is 0 Å². The Morgan fingerprint density at radius 3 is 2.56 bits per heavy atom. The standard InChI is InChI=1S/C13H16ClN3O/c1-9-12(7-8-15)13(14)17(16-9)10-3-5-11(18-2)6-4-10/h3-6H,7-8,15H2,1-2H3. The van der Waals surface area contributed by atoms with E-state index in [9.17, 15) is 0 Å². The largest absolute Gasteiger partial charge is 0.497 e. The van der Waals surface area contributed by atoms with Crippen LogP contribution in [0.5, 0.6) is 5.75 Å². The minimum atomic E-state index is 0.564. The summed E-state index contributed by atoms with van der Waals surface area (Å²) in [5, 5.41) is 5.07. The number of aryl methyl sites for hydroxylation is 1. The van der Waals surface area contributed by atoms with Gasteiger partial charge in [0.2, 0.25) is 0 Å². The number of methoxy groups -OCH3 is 1. The Hall–Kier alpha value is -1.52. The van der Waals surface area contributed by atoms with E-state index in [0.717, 1.165) is 29.1 Å². The fourth-order valence-electron chi connectivity index (χ4n) is 1.85. The third-order valence-corrected chi connectivity index (χ3v) is 3.22. The Bertz CT molecular complexity index is 534. The summed E-state index contributed by atoms with van der Waals surface area (Å²) in [5.41, 5.74) is 8.41. The van der Waals surface area contributed by atoms with Crippen molar-refractivity contribution >= 4 is 11.6 Å². The maximum Gasteiger partial charge on any atom is 0.136 e. The molecule has 0 aliphatic heterocycles. The molecule has 96 valence electrons. The number of ether oxygens (including phenoxy) is 1. The van der Waals surface area contributed by atoms with Crippen molar-refractivity contribution in [2.24, 2.45) is 5.73 Å². The summed E-state index contributed by atoms with van der Waals surface area (Å²) >= 11 is 6.33. The molecule has 0 spiro atoms. The van der Waals surface area contributed by atoms with E-state index in [2.05, 4.69) is 5.10 Å². The predicted molar refractivity (Wildman–Crippen MR) is 72.6 cm³/mol. The summed E-state index contributed by atoms with van der Waals surface area (Å²) in [6, 6.07) is 7.60. The highest BCUT2D eigenvalue weighted by Crippen LogP contribution is 2.24. The average Bonchev–Trinajstić information content (AvgIpc) is 2.67. The Morgan fingerprint density at radius 1 is 1.33 bits per heavy atom. The van der Waals surface area contributed by atoms with Gasteiger partial charge in [0.1, 0.15) is 10.9 Å². The van der Waals surface area contributed by atoms with Crippen molar-refractivity contribution in [1.82, 2.24) is 9.78 Å². The average molecular weight is 266 g/mol. The number of rotatable bonds is 4. The summed E-state index contributed by atoms with van der Waals surface area (Å²) in [7, 11) is 1.64. The number of aromatic nitrogens is 2. The van der Waals surface area contributed by atoms with Gasteiger partial charge < -0.3 is 10.5 Å². The van der Waals surface area contributed by atoms with Crippen molar-refractivity contribution in [2.45, 2.75) is 13.3 Å². The minimum Gasteiger partial charge on any atom is -0.497 e. The Labute approximate surface area is 111 Å². The van der Waals surface area contributed by atoms with Gasteiger partial charge in [0, 0.05) is 5.56 Å². The van der Waals surface area contributed by atoms with Crippen LogP contribution >= 0.6 is 11.6 Å². The van der Waals surface area contributed by atoms with Crippen LogP contribution in [0.25, 0.3) is 5.69 Å². The molecule has 1 aromatic heterocycles. The van der Waals surface area contributed by atoms with Crippen LogP contribution in [0, 0.1) is 6.92 Å². The van der Waals surface area contributed by atoms with Crippen LogP contribution < -0.4 is 10.5 Å². The lowest BCUT2D eigenvalue weighted by atomic mass is 10.2. The topological polar surface area (TPSA) is 53.1 Å². The summed E-state index contributed by atoms with van der Waals surface area (Å²) in [4.78, 5) is 0. The molecular formula is C13H16ClN3O. The van der Waals surface area contributed by atoms with Crippen LogP contribution in [0.3, 0.4) is 0 Å². The molecule has 4 nitrogen and oxygen atoms in total. The fourth-order valence-corrected chi connectivity index (χ4v) is 2.22. The highest BCUT2D eigenvalue weighted by atomic mass is 35.5. The van der Waals surface area contributed by atoms with Crippen LogP contribution in [0.2, 0.25) is 5.15 Å². The maximum absolute atomic E-state index is 6.33. The third-order valence-electron chi connectivity index (χ3n) is 2.83. The first-order valence-electron chi connectivity index (χ1n) is 5.76. The van der Waals surface area contributed by atoms with Crippen molar-refractivity contribution in [2.75, 3.05) is 13.7 Å². The van der Waals surface area contributed by atoms with E-state index in [4.69, 9.17) is 22.1 Å². The van der Waals surface area contributed by atoms with Crippen molar-refractivity contribution in [1.29, 1.82) is 0 Å². The minimum absolute atomic E-state index is 0.564. The van der Waals surface area contributed by atoms with Crippen molar-refractivity contribution in [3.05, 3.63) is 40.7 Å². The number of hydrogen-bond donors (Lipinski definition) is 1. The molecule has 2 aromatic rings. The van der Waals surface area contributed by atoms with E-state index in [1.165, 1.54) is 0 Å². The van der Waals surface area contributed by atoms with Crippen LogP contribution in [-0.2, 0) is 6.42 Å². The maximum atomic E-state index is 6.33. The second-order valence-electron chi connectivity index (χ2n) is 4.00. The van der Waals surface area contributed by atoms with Crippen molar-refractivity contribution < 1.29 is 4.74 Å². The van der Waals surface area contributed by atoms with Gasteiger partial charge in [-0.2, -0.15) is 5.10 Å². The first-order valence-corrected chi connectivity index (χ1v) is 6.13. The van der Waals surface area contributed by atoms with Crippen molar-refractivity contribution in [3.8, 4) is 11.4 Å². The predicted octanol–water partition coefficient (Wildman–Crippen LogP) is 2.34. The van der Waals surface area contributed by atoms with Crippen LogP contribution in [-0.4, -0.2) is 23.4 Å². The zero-order valence-corrected chi connectivity index (χ0v) is 11.2. The highest BCUT2D eigenvalue weighted by molar-refractivity contribution is 6.30. The number of nitrogens with zero attached hydrogens (tertiary/aromatic N) is 2. The summed E-state index contributed by atoms with van der Waals surface area (Å²) < 4.78 is 6.85. The molecule has 2 rings (SSSR count). The van der Waals surface area contributed by atoms with E-state index in [0.29, 0.717) is 11.7 Å². The van der Waals surface area contributed by atoms with Crippen LogP contribution in [0.1, 0.15) is 11.3 Å². The molecule has 2 N–H and O–H groups in total. The zero-order chi connectivity index (χ0) is 13.1. The fraction of sp³-hybridized carbons (Fsp3) is 0.308. The zero-order valence-electron chi connectivity index (χ0n) is 10.5. The number of halogens is 1. The smallest absolute Gasteiger partial charge is 0.136 e. The lowest BCUT2D eigenvalue weighted by Gasteiger charge is -2.05. The second-order valence-corrected chi connectivity index (χ2v) is 4.36. The van der Waals surface area contributed by atoms with Gasteiger partial charge in [-0.15, -0.1) is 0 Å². The molecule has 0 unspecified atom stereocenters. The Balaban J connectivity index is 2.40. The van der Waals surface area contributed by atoms with Gasteiger partial charge in [-0.1, -0.05) is 11.6 Å². The van der Waals surface area contributed by atoms with Gasteiger partial charge in [-0.05, 0) is 44.2 Å². The highest BCUT2D eigenvalue weighted by Gasteiger charge is 2.13. The molecule has 0 amide bonds. The number of benzene rings is 1. The summed E-state index contributed by atoms with van der Waals surface area (Å²) in [6.07, 6.45) is 0.737. The van der Waals surface area contributed by atoms with E-state index in [1.54, 1.807) is 11.8 Å². The monoisotopic (exact) mass is 265 g/mol. The van der Waals surface area contributed by atoms with Gasteiger partial charge in [0.05, 0.1) is 18.5 Å². The molecule has 0 saturated carbocycles. The molecule has 18 heavy (non-hydrogen) atoms. The van der Waals surface area contributed by atoms with E-state index >= 15 is 0 Å². The molecule has 0 radical (unpaired) electrons. The lowest BCUT2D eigenvalue weighted by molar-refractivity contribution is 0.414. The summed E-state index contributed by atoms with van der Waals surface area (Å²) in [5.74, 6) is 0.806. The SMILES string of the molecule is COc1ccc(-n2nc(C)c(CCN)c2Cl)cc1. The number of hydrogen-bond acceptors (Lipinski definition) is 3. The van der Waals surface area contributed by atoms with E-state index < -0.39 is 0 Å². The molecule has 0 atom stereocenters. The molecule has 0 aliphatic rings. The molecule has 0 bridgehead atoms. The van der Waals surface area contributed by atoms with Gasteiger partial charge >= 0.3 is 0 Å². The first kappa shape index (κ1) is 12.9. The Morgan fingerprint density at radius 2 is 2.00 bits per heavy atom. The molecule has 1 heterocycles. The molecule has 0 saturated heterocycles. The molecule has 0 fully saturated rings. The van der Waals surface area contributed by atoms with Crippen molar-refractivity contribution in [3.63, 3.8) is 0 Å². The quantitative estimate of drug-likeness (QED) is 0.923. The summed E-state index contributed by atoms with van der Waals surface area (Å²) in [6.45, 7) is 2.51. The van der Waals surface area contributed by atoms with Gasteiger partial charge in [0.15, 0.2) is 0 Å². The third kappa shape index (κ3) is 2.35. The van der Waals surface area contributed by atoms with Crippen LogP contribution in [0.15, 0.2) is 24.3 Å².